The predicted octanol–water partition coefficient (Wildman–Crippen LogP) is 2.20. The summed E-state index contributed by atoms with van der Waals surface area (Å²) in [6, 6.07) is 13.2. The molecule has 0 bridgehead atoms. The number of nitrogens with one attached hydrogen (secondary N) is 2. The summed E-state index contributed by atoms with van der Waals surface area (Å²) in [5, 5.41) is 4.58. The second kappa shape index (κ2) is 6.86. The van der Waals surface area contributed by atoms with Crippen LogP contribution >= 0.6 is 11.8 Å². The fraction of sp³-hybridized carbons (Fsp3) is 0.0667. The van der Waals surface area contributed by atoms with Gasteiger partial charge < -0.3 is 4.98 Å². The van der Waals surface area contributed by atoms with Crippen molar-refractivity contribution in [2.75, 3.05) is 5.75 Å². The van der Waals surface area contributed by atoms with Gasteiger partial charge in [-0.1, -0.05) is 30.0 Å². The van der Waals surface area contributed by atoms with Crippen LogP contribution in [0.2, 0.25) is 0 Å². The van der Waals surface area contributed by atoms with Crippen LogP contribution in [0.3, 0.4) is 0 Å². The first-order chi connectivity index (χ1) is 10.8. The Morgan fingerprint density at radius 2 is 2.14 bits per heavy atom. The van der Waals surface area contributed by atoms with Crippen molar-refractivity contribution in [3.63, 3.8) is 0 Å². The van der Waals surface area contributed by atoms with E-state index in [0.717, 1.165) is 11.0 Å². The molecule has 110 valence electrons. The molecule has 0 atom stereocenters. The lowest BCUT2D eigenvalue weighted by Gasteiger charge is -1.97. The first-order valence-electron chi connectivity index (χ1n) is 6.62. The van der Waals surface area contributed by atoms with Crippen LogP contribution in [0.25, 0.3) is 11.0 Å². The van der Waals surface area contributed by atoms with Gasteiger partial charge in [-0.15, -0.1) is 0 Å². The molecular weight excluding hydrogens is 298 g/mol. The van der Waals surface area contributed by atoms with E-state index < -0.39 is 0 Å². The summed E-state index contributed by atoms with van der Waals surface area (Å²) in [6.07, 6.45) is 3.17. The number of aromatic amines is 1. The highest BCUT2D eigenvalue weighted by atomic mass is 32.2. The third-order valence-electron chi connectivity index (χ3n) is 2.78. The van der Waals surface area contributed by atoms with Crippen LogP contribution in [0.5, 0.6) is 0 Å². The number of thioether (sulfide) groups is 1. The Morgan fingerprint density at radius 1 is 1.27 bits per heavy atom. The van der Waals surface area contributed by atoms with Crippen LogP contribution in [-0.2, 0) is 4.79 Å². The molecule has 1 amide bonds. The number of H-pyrrole nitrogens is 1. The Balaban J connectivity index is 1.51. The van der Waals surface area contributed by atoms with Gasteiger partial charge in [-0.25, -0.2) is 10.4 Å². The predicted molar refractivity (Wildman–Crippen MR) is 86.8 cm³/mol. The van der Waals surface area contributed by atoms with Gasteiger partial charge in [-0.2, -0.15) is 5.10 Å². The van der Waals surface area contributed by atoms with E-state index >= 15 is 0 Å². The van der Waals surface area contributed by atoms with Crippen molar-refractivity contribution < 1.29 is 4.79 Å². The van der Waals surface area contributed by atoms with Crippen LogP contribution in [0.15, 0.2) is 58.9 Å². The topological polar surface area (TPSA) is 83.0 Å². The number of aromatic nitrogens is 3. The third-order valence-corrected chi connectivity index (χ3v) is 3.65. The lowest BCUT2D eigenvalue weighted by atomic mass is 10.3. The van der Waals surface area contributed by atoms with E-state index in [0.29, 0.717) is 10.9 Å². The second-order valence-corrected chi connectivity index (χ2v) is 5.36. The van der Waals surface area contributed by atoms with Gasteiger partial charge in [0.1, 0.15) is 0 Å². The lowest BCUT2D eigenvalue weighted by molar-refractivity contribution is -0.118. The minimum atomic E-state index is -0.197. The summed E-state index contributed by atoms with van der Waals surface area (Å²) < 4.78 is 0. The standard InChI is InChI=1S/C15H13N5OS/c21-14(20-17-9-11-5-3-4-8-16-11)10-22-15-18-12-6-1-2-7-13(12)19-15/h1-9H,10H2,(H,18,19)(H,20,21)/b17-9-. The largest absolute Gasteiger partial charge is 0.333 e. The number of nitrogens with zero attached hydrogens (tertiary/aromatic N) is 3. The van der Waals surface area contributed by atoms with Crippen molar-refractivity contribution in [1.82, 2.24) is 20.4 Å². The van der Waals surface area contributed by atoms with Crippen molar-refractivity contribution >= 4 is 34.9 Å². The van der Waals surface area contributed by atoms with Crippen molar-refractivity contribution in [1.29, 1.82) is 0 Å². The third kappa shape index (κ3) is 3.70. The smallest absolute Gasteiger partial charge is 0.250 e. The highest BCUT2D eigenvalue weighted by Crippen LogP contribution is 2.18. The van der Waals surface area contributed by atoms with Crippen molar-refractivity contribution in [2.24, 2.45) is 5.10 Å². The van der Waals surface area contributed by atoms with Gasteiger partial charge in [0.25, 0.3) is 5.91 Å². The molecule has 2 aromatic heterocycles. The number of imidazole rings is 1. The molecule has 0 fully saturated rings. The molecule has 0 radical (unpaired) electrons. The minimum Gasteiger partial charge on any atom is -0.333 e. The summed E-state index contributed by atoms with van der Waals surface area (Å²) in [4.78, 5) is 23.3. The number of pyridine rings is 1. The zero-order chi connectivity index (χ0) is 15.2. The average molecular weight is 311 g/mol. The number of carbonyl (C=O) groups excluding carboxylic acids is 1. The lowest BCUT2D eigenvalue weighted by Crippen LogP contribution is -2.19. The monoisotopic (exact) mass is 311 g/mol. The summed E-state index contributed by atoms with van der Waals surface area (Å²) in [5.41, 5.74) is 5.00. The number of rotatable bonds is 5. The van der Waals surface area contributed by atoms with Crippen molar-refractivity contribution in [3.8, 4) is 0 Å². The summed E-state index contributed by atoms with van der Waals surface area (Å²) >= 11 is 1.33. The van der Waals surface area contributed by atoms with Gasteiger partial charge in [0.15, 0.2) is 5.16 Å². The van der Waals surface area contributed by atoms with E-state index in [-0.39, 0.29) is 11.7 Å². The Morgan fingerprint density at radius 3 is 2.95 bits per heavy atom. The van der Waals surface area contributed by atoms with Crippen LogP contribution in [0.1, 0.15) is 5.69 Å². The summed E-state index contributed by atoms with van der Waals surface area (Å²) in [7, 11) is 0. The van der Waals surface area contributed by atoms with Gasteiger partial charge in [-0.3, -0.25) is 9.78 Å². The molecule has 6 nitrogen and oxygen atoms in total. The van der Waals surface area contributed by atoms with Crippen molar-refractivity contribution in [3.05, 3.63) is 54.4 Å². The normalized spacial score (nSPS) is 11.1. The number of fused-ring (bicyclic) bond motifs is 1. The maximum absolute atomic E-state index is 11.7. The van der Waals surface area contributed by atoms with E-state index in [4.69, 9.17) is 0 Å². The molecule has 0 saturated carbocycles. The highest BCUT2D eigenvalue weighted by Gasteiger charge is 2.06. The molecular formula is C15H13N5OS. The van der Waals surface area contributed by atoms with E-state index in [1.54, 1.807) is 12.3 Å². The van der Waals surface area contributed by atoms with Crippen LogP contribution in [-0.4, -0.2) is 32.8 Å². The van der Waals surface area contributed by atoms with E-state index in [1.807, 2.05) is 36.4 Å². The number of benzene rings is 1. The van der Waals surface area contributed by atoms with Gasteiger partial charge >= 0.3 is 0 Å². The van der Waals surface area contributed by atoms with E-state index in [9.17, 15) is 4.79 Å². The van der Waals surface area contributed by atoms with Gasteiger partial charge in [-0.05, 0) is 24.3 Å². The molecule has 1 aromatic carbocycles. The zero-order valence-electron chi connectivity index (χ0n) is 11.6. The Hall–Kier alpha value is -2.67. The number of hydrazone groups is 1. The quantitative estimate of drug-likeness (QED) is 0.430. The molecule has 2 heterocycles. The molecule has 22 heavy (non-hydrogen) atoms. The molecule has 3 aromatic rings. The SMILES string of the molecule is O=C(CSc1nc2ccccc2[nH]1)N/N=C\c1ccccn1. The Kier molecular flexibility index (Phi) is 4.45. The molecule has 3 rings (SSSR count). The minimum absolute atomic E-state index is 0.197. The fourth-order valence-electron chi connectivity index (χ4n) is 1.79. The number of para-hydroxylation sites is 2. The molecule has 0 spiro atoms. The van der Waals surface area contributed by atoms with Gasteiger partial charge in [0, 0.05) is 6.20 Å². The number of hydrogen-bond donors (Lipinski definition) is 2. The van der Waals surface area contributed by atoms with E-state index in [1.165, 1.54) is 18.0 Å². The van der Waals surface area contributed by atoms with Crippen LogP contribution in [0.4, 0.5) is 0 Å². The molecule has 2 N–H and O–H groups in total. The maximum atomic E-state index is 11.7. The van der Waals surface area contributed by atoms with E-state index in [2.05, 4.69) is 25.5 Å². The average Bonchev–Trinajstić information content (AvgIpc) is 2.97. The van der Waals surface area contributed by atoms with Crippen LogP contribution < -0.4 is 5.43 Å². The Labute approximate surface area is 131 Å². The summed E-state index contributed by atoms with van der Waals surface area (Å²) in [5.74, 6) is 0.0389. The molecule has 0 aliphatic carbocycles. The first kappa shape index (κ1) is 14.3. The number of carbonyl (C=O) groups is 1. The number of hydrogen-bond acceptors (Lipinski definition) is 5. The maximum Gasteiger partial charge on any atom is 0.250 e. The second-order valence-electron chi connectivity index (χ2n) is 4.40. The fourth-order valence-corrected chi connectivity index (χ4v) is 2.46. The molecule has 0 aliphatic heterocycles. The molecule has 0 aliphatic rings. The zero-order valence-corrected chi connectivity index (χ0v) is 12.4. The van der Waals surface area contributed by atoms with Crippen LogP contribution in [0, 0.1) is 0 Å². The van der Waals surface area contributed by atoms with Crippen molar-refractivity contribution in [2.45, 2.75) is 5.16 Å². The highest BCUT2D eigenvalue weighted by molar-refractivity contribution is 7.99. The molecule has 0 unspecified atom stereocenters. The molecule has 7 heteroatoms. The van der Waals surface area contributed by atoms with Gasteiger partial charge in [0.05, 0.1) is 28.7 Å². The number of amides is 1. The summed E-state index contributed by atoms with van der Waals surface area (Å²) in [6.45, 7) is 0. The molecule has 0 saturated heterocycles. The van der Waals surface area contributed by atoms with Gasteiger partial charge in [0.2, 0.25) is 0 Å². The first-order valence-corrected chi connectivity index (χ1v) is 7.60. The Bertz CT molecular complexity index is 767.